The molecule has 0 fully saturated rings. The van der Waals surface area contributed by atoms with E-state index in [4.69, 9.17) is 10.8 Å². The first-order valence-corrected chi connectivity index (χ1v) is 6.99. The van der Waals surface area contributed by atoms with Crippen LogP contribution in [0.25, 0.3) is 0 Å². The summed E-state index contributed by atoms with van der Waals surface area (Å²) < 4.78 is 0. The molecule has 0 spiro atoms. The van der Waals surface area contributed by atoms with Crippen LogP contribution in [0.15, 0.2) is 48.5 Å². The molecule has 0 radical (unpaired) electrons. The number of carbonyl (C=O) groups is 1. The minimum absolute atomic E-state index is 0.137. The molecule has 4 heteroatoms. The van der Waals surface area contributed by atoms with Gasteiger partial charge in [-0.25, -0.2) is 4.79 Å². The Bertz CT molecular complexity index is 611. The summed E-state index contributed by atoms with van der Waals surface area (Å²) in [5, 5.41) is 12.2. The van der Waals surface area contributed by atoms with Gasteiger partial charge in [-0.05, 0) is 36.1 Å². The number of carboxylic acids is 1. The first kappa shape index (κ1) is 14.9. The number of nitrogen functional groups attached to an aromatic ring is 1. The summed E-state index contributed by atoms with van der Waals surface area (Å²) in [6.07, 6.45) is 0.991. The molecule has 0 aliphatic heterocycles. The molecule has 0 heterocycles. The van der Waals surface area contributed by atoms with Crippen LogP contribution >= 0.6 is 0 Å². The summed E-state index contributed by atoms with van der Waals surface area (Å²) in [5.74, 6) is -0.536. The summed E-state index contributed by atoms with van der Waals surface area (Å²) in [7, 11) is 0. The molecule has 2 aromatic carbocycles. The van der Waals surface area contributed by atoms with Crippen LogP contribution in [-0.4, -0.2) is 17.6 Å². The first-order valence-electron chi connectivity index (χ1n) is 6.99. The molecule has 4 nitrogen and oxygen atoms in total. The quantitative estimate of drug-likeness (QED) is 0.709. The van der Waals surface area contributed by atoms with Gasteiger partial charge in [-0.2, -0.15) is 0 Å². The van der Waals surface area contributed by atoms with E-state index >= 15 is 0 Å². The van der Waals surface area contributed by atoms with Crippen LogP contribution in [0, 0.1) is 0 Å². The highest BCUT2D eigenvalue weighted by molar-refractivity contribution is 5.94. The van der Waals surface area contributed by atoms with Crippen LogP contribution in [-0.2, 0) is 0 Å². The lowest BCUT2D eigenvalue weighted by molar-refractivity contribution is 0.0698. The minimum atomic E-state index is -1.00. The number of rotatable bonds is 6. The second-order valence-corrected chi connectivity index (χ2v) is 5.13. The van der Waals surface area contributed by atoms with Crippen LogP contribution in [0.3, 0.4) is 0 Å². The fraction of sp³-hybridized carbons (Fsp3) is 0.235. The van der Waals surface area contributed by atoms with Gasteiger partial charge < -0.3 is 16.2 Å². The predicted molar refractivity (Wildman–Crippen MR) is 85.8 cm³/mol. The maximum absolute atomic E-state index is 10.9. The van der Waals surface area contributed by atoms with E-state index in [1.807, 2.05) is 18.2 Å². The molecule has 0 aliphatic carbocycles. The maximum atomic E-state index is 10.9. The minimum Gasteiger partial charge on any atom is -0.478 e. The molecule has 2 rings (SSSR count). The first-order chi connectivity index (χ1) is 10.1. The molecular weight excluding hydrogens is 264 g/mol. The van der Waals surface area contributed by atoms with Crippen molar-refractivity contribution in [2.45, 2.75) is 19.3 Å². The molecule has 0 aromatic heterocycles. The zero-order chi connectivity index (χ0) is 15.2. The van der Waals surface area contributed by atoms with Gasteiger partial charge >= 0.3 is 5.97 Å². The van der Waals surface area contributed by atoms with E-state index in [1.54, 1.807) is 12.1 Å². The molecule has 1 atom stereocenters. The van der Waals surface area contributed by atoms with Crippen molar-refractivity contribution in [1.29, 1.82) is 0 Å². The second-order valence-electron chi connectivity index (χ2n) is 5.13. The Hall–Kier alpha value is -2.49. The summed E-state index contributed by atoms with van der Waals surface area (Å²) in [4.78, 5) is 10.9. The van der Waals surface area contributed by atoms with Crippen molar-refractivity contribution in [2.24, 2.45) is 0 Å². The highest BCUT2D eigenvalue weighted by Crippen LogP contribution is 2.21. The third-order valence-corrected chi connectivity index (χ3v) is 3.56. The Morgan fingerprint density at radius 3 is 2.57 bits per heavy atom. The van der Waals surface area contributed by atoms with Crippen LogP contribution in [0.5, 0.6) is 0 Å². The van der Waals surface area contributed by atoms with Crippen molar-refractivity contribution in [1.82, 2.24) is 0 Å². The van der Waals surface area contributed by atoms with Crippen LogP contribution < -0.4 is 11.1 Å². The lowest BCUT2D eigenvalue weighted by Gasteiger charge is -2.13. The van der Waals surface area contributed by atoms with Gasteiger partial charge in [0, 0.05) is 17.9 Å². The number of nitrogens with one attached hydrogen (secondary N) is 1. The molecule has 110 valence electrons. The topological polar surface area (TPSA) is 75.3 Å². The molecule has 0 aliphatic rings. The number of hydrogen-bond acceptors (Lipinski definition) is 3. The predicted octanol–water partition coefficient (Wildman–Crippen LogP) is 3.57. The maximum Gasteiger partial charge on any atom is 0.337 e. The van der Waals surface area contributed by atoms with Crippen molar-refractivity contribution in [3.63, 3.8) is 0 Å². The smallest absolute Gasteiger partial charge is 0.337 e. The van der Waals surface area contributed by atoms with Crippen molar-refractivity contribution in [2.75, 3.05) is 17.6 Å². The van der Waals surface area contributed by atoms with E-state index in [2.05, 4.69) is 24.4 Å². The Morgan fingerprint density at radius 1 is 1.24 bits per heavy atom. The molecule has 0 saturated carbocycles. The highest BCUT2D eigenvalue weighted by atomic mass is 16.4. The van der Waals surface area contributed by atoms with E-state index in [0.717, 1.165) is 18.7 Å². The monoisotopic (exact) mass is 284 g/mol. The third kappa shape index (κ3) is 3.99. The zero-order valence-corrected chi connectivity index (χ0v) is 12.0. The molecule has 0 saturated heterocycles. The summed E-state index contributed by atoms with van der Waals surface area (Å²) in [5.41, 5.74) is 8.31. The molecule has 2 aromatic rings. The van der Waals surface area contributed by atoms with Gasteiger partial charge in [0.1, 0.15) is 0 Å². The second kappa shape index (κ2) is 6.79. The molecule has 21 heavy (non-hydrogen) atoms. The van der Waals surface area contributed by atoms with Gasteiger partial charge in [-0.3, -0.25) is 0 Å². The van der Waals surface area contributed by atoms with Crippen molar-refractivity contribution >= 4 is 17.3 Å². The fourth-order valence-corrected chi connectivity index (χ4v) is 2.25. The standard InChI is InChI=1S/C17H20N2O2/c1-12(13-5-3-2-4-6-13)9-10-19-14-7-8-15(17(20)21)16(18)11-14/h2-8,11-12,19H,9-10,18H2,1H3,(H,20,21). The van der Waals surface area contributed by atoms with Gasteiger partial charge in [-0.1, -0.05) is 37.3 Å². The Morgan fingerprint density at radius 2 is 1.95 bits per heavy atom. The number of aromatic carboxylic acids is 1. The average molecular weight is 284 g/mol. The Labute approximate surface area is 124 Å². The average Bonchev–Trinajstić information content (AvgIpc) is 2.47. The Kier molecular flexibility index (Phi) is 4.82. The number of anilines is 2. The van der Waals surface area contributed by atoms with E-state index in [-0.39, 0.29) is 11.3 Å². The van der Waals surface area contributed by atoms with E-state index in [1.165, 1.54) is 11.6 Å². The number of carboxylic acid groups (broad SMARTS) is 1. The zero-order valence-electron chi connectivity index (χ0n) is 12.0. The number of hydrogen-bond donors (Lipinski definition) is 3. The van der Waals surface area contributed by atoms with Crippen molar-refractivity contribution in [3.05, 3.63) is 59.7 Å². The van der Waals surface area contributed by atoms with Crippen LogP contribution in [0.1, 0.15) is 35.2 Å². The third-order valence-electron chi connectivity index (χ3n) is 3.56. The van der Waals surface area contributed by atoms with E-state index in [9.17, 15) is 4.79 Å². The number of nitrogens with two attached hydrogens (primary N) is 1. The van der Waals surface area contributed by atoms with E-state index in [0.29, 0.717) is 5.92 Å². The lowest BCUT2D eigenvalue weighted by atomic mass is 9.98. The van der Waals surface area contributed by atoms with Gasteiger partial charge in [0.25, 0.3) is 0 Å². The van der Waals surface area contributed by atoms with E-state index < -0.39 is 5.97 Å². The van der Waals surface area contributed by atoms with Crippen LogP contribution in [0.2, 0.25) is 0 Å². The molecular formula is C17H20N2O2. The van der Waals surface area contributed by atoms with Crippen LogP contribution in [0.4, 0.5) is 11.4 Å². The van der Waals surface area contributed by atoms with Gasteiger partial charge in [0.05, 0.1) is 5.56 Å². The normalized spacial score (nSPS) is 11.9. The molecule has 1 unspecified atom stereocenters. The largest absolute Gasteiger partial charge is 0.478 e. The summed E-state index contributed by atoms with van der Waals surface area (Å²) in [6.45, 7) is 3.00. The molecule has 0 bridgehead atoms. The Balaban J connectivity index is 1.89. The van der Waals surface area contributed by atoms with Gasteiger partial charge in [0.15, 0.2) is 0 Å². The van der Waals surface area contributed by atoms with Gasteiger partial charge in [-0.15, -0.1) is 0 Å². The SMILES string of the molecule is CC(CCNc1ccc(C(=O)O)c(N)c1)c1ccccc1. The summed E-state index contributed by atoms with van der Waals surface area (Å²) in [6, 6.07) is 15.3. The molecule has 4 N–H and O–H groups in total. The van der Waals surface area contributed by atoms with Crippen molar-refractivity contribution in [3.8, 4) is 0 Å². The summed E-state index contributed by atoms with van der Waals surface area (Å²) >= 11 is 0. The molecule has 0 amide bonds. The lowest BCUT2D eigenvalue weighted by Crippen LogP contribution is -2.08. The van der Waals surface area contributed by atoms with Gasteiger partial charge in [0.2, 0.25) is 0 Å². The fourth-order valence-electron chi connectivity index (χ4n) is 2.25. The number of benzene rings is 2. The van der Waals surface area contributed by atoms with Crippen molar-refractivity contribution < 1.29 is 9.90 Å². The highest BCUT2D eigenvalue weighted by Gasteiger charge is 2.08.